The van der Waals surface area contributed by atoms with E-state index in [-0.39, 0.29) is 0 Å². The second kappa shape index (κ2) is 6.82. The van der Waals surface area contributed by atoms with Crippen molar-refractivity contribution >= 4 is 45.7 Å². The highest BCUT2D eigenvalue weighted by molar-refractivity contribution is 6.40. The van der Waals surface area contributed by atoms with Gasteiger partial charge in [-0.25, -0.2) is 0 Å². The van der Waals surface area contributed by atoms with Crippen LogP contribution < -0.4 is 4.74 Å². The summed E-state index contributed by atoms with van der Waals surface area (Å²) >= 11 is 18.2. The lowest BCUT2D eigenvalue weighted by atomic mass is 10.1. The SMILES string of the molecule is Clc1ccc(CCCOc2ccc(Cl)c3[nH]cc(Cl)c23)cc1. The van der Waals surface area contributed by atoms with E-state index in [1.165, 1.54) is 5.56 Å². The number of rotatable bonds is 5. The Morgan fingerprint density at radius 3 is 2.45 bits per heavy atom. The van der Waals surface area contributed by atoms with Gasteiger partial charge in [-0.05, 0) is 42.7 Å². The number of aromatic amines is 1. The summed E-state index contributed by atoms with van der Waals surface area (Å²) < 4.78 is 5.87. The Morgan fingerprint density at radius 1 is 0.909 bits per heavy atom. The molecule has 0 amide bonds. The highest BCUT2D eigenvalue weighted by Gasteiger charge is 2.11. The lowest BCUT2D eigenvalue weighted by molar-refractivity contribution is 0.314. The average Bonchev–Trinajstić information content (AvgIpc) is 2.91. The van der Waals surface area contributed by atoms with Crippen LogP contribution in [0.5, 0.6) is 5.75 Å². The predicted molar refractivity (Wildman–Crippen MR) is 93.6 cm³/mol. The van der Waals surface area contributed by atoms with E-state index in [2.05, 4.69) is 4.98 Å². The maximum atomic E-state index is 6.19. The smallest absolute Gasteiger partial charge is 0.130 e. The fourth-order valence-corrected chi connectivity index (χ4v) is 2.95. The van der Waals surface area contributed by atoms with Crippen LogP contribution in [0.2, 0.25) is 15.1 Å². The third-order valence-electron chi connectivity index (χ3n) is 3.48. The molecule has 0 atom stereocenters. The predicted octanol–water partition coefficient (Wildman–Crippen LogP) is 6.14. The normalized spacial score (nSPS) is 11.0. The van der Waals surface area contributed by atoms with Crippen LogP contribution in [0.25, 0.3) is 10.9 Å². The van der Waals surface area contributed by atoms with E-state index in [9.17, 15) is 0 Å². The number of hydrogen-bond donors (Lipinski definition) is 1. The summed E-state index contributed by atoms with van der Waals surface area (Å²) in [6.07, 6.45) is 3.57. The molecule has 5 heteroatoms. The zero-order valence-corrected chi connectivity index (χ0v) is 14.0. The average molecular weight is 355 g/mol. The summed E-state index contributed by atoms with van der Waals surface area (Å²) in [6, 6.07) is 11.5. The summed E-state index contributed by atoms with van der Waals surface area (Å²) in [5.41, 5.74) is 2.05. The minimum atomic E-state index is 0.612. The summed E-state index contributed by atoms with van der Waals surface area (Å²) in [6.45, 7) is 0.612. The highest BCUT2D eigenvalue weighted by atomic mass is 35.5. The number of aromatic nitrogens is 1. The van der Waals surface area contributed by atoms with E-state index in [1.807, 2.05) is 36.4 Å². The molecule has 2 nitrogen and oxygen atoms in total. The van der Waals surface area contributed by atoms with Gasteiger partial charge in [-0.2, -0.15) is 0 Å². The molecule has 0 saturated carbocycles. The number of aryl methyl sites for hydroxylation is 1. The van der Waals surface area contributed by atoms with E-state index >= 15 is 0 Å². The molecule has 0 unspecified atom stereocenters. The van der Waals surface area contributed by atoms with Gasteiger partial charge in [-0.1, -0.05) is 46.9 Å². The molecule has 0 spiro atoms. The van der Waals surface area contributed by atoms with Gasteiger partial charge in [0.15, 0.2) is 0 Å². The minimum Gasteiger partial charge on any atom is -0.493 e. The highest BCUT2D eigenvalue weighted by Crippen LogP contribution is 2.36. The Labute approximate surface area is 143 Å². The van der Waals surface area contributed by atoms with Crippen LogP contribution in [-0.2, 0) is 6.42 Å². The second-order valence-corrected chi connectivity index (χ2v) is 6.26. The first-order valence-corrected chi connectivity index (χ1v) is 8.11. The molecule has 3 aromatic rings. The molecule has 2 aromatic carbocycles. The van der Waals surface area contributed by atoms with Gasteiger partial charge in [0, 0.05) is 11.2 Å². The van der Waals surface area contributed by atoms with Crippen molar-refractivity contribution < 1.29 is 4.74 Å². The van der Waals surface area contributed by atoms with Crippen molar-refractivity contribution in [3.05, 3.63) is 63.2 Å². The van der Waals surface area contributed by atoms with Gasteiger partial charge >= 0.3 is 0 Å². The van der Waals surface area contributed by atoms with Gasteiger partial charge in [0.25, 0.3) is 0 Å². The first-order valence-electron chi connectivity index (χ1n) is 6.97. The van der Waals surface area contributed by atoms with Crippen LogP contribution in [0.1, 0.15) is 12.0 Å². The first-order chi connectivity index (χ1) is 10.6. The first kappa shape index (κ1) is 15.5. The Balaban J connectivity index is 1.63. The number of hydrogen-bond acceptors (Lipinski definition) is 1. The summed E-state index contributed by atoms with van der Waals surface area (Å²) in [5.74, 6) is 0.752. The van der Waals surface area contributed by atoms with Crippen molar-refractivity contribution in [2.24, 2.45) is 0 Å². The van der Waals surface area contributed by atoms with E-state index in [4.69, 9.17) is 39.5 Å². The van der Waals surface area contributed by atoms with Gasteiger partial charge in [0.05, 0.1) is 27.6 Å². The van der Waals surface area contributed by atoms with Crippen molar-refractivity contribution in [2.45, 2.75) is 12.8 Å². The molecule has 1 aromatic heterocycles. The molecule has 114 valence electrons. The van der Waals surface area contributed by atoms with E-state index in [0.717, 1.165) is 34.5 Å². The van der Waals surface area contributed by atoms with Crippen LogP contribution in [-0.4, -0.2) is 11.6 Å². The maximum absolute atomic E-state index is 6.19. The summed E-state index contributed by atoms with van der Waals surface area (Å²) in [5, 5.41) is 2.84. The van der Waals surface area contributed by atoms with Crippen molar-refractivity contribution in [3.8, 4) is 5.75 Å². The third kappa shape index (κ3) is 3.35. The number of ether oxygens (including phenoxy) is 1. The Bertz CT molecular complexity index is 780. The number of H-pyrrole nitrogens is 1. The third-order valence-corrected chi connectivity index (χ3v) is 4.34. The quantitative estimate of drug-likeness (QED) is 0.547. The number of nitrogens with one attached hydrogen (secondary N) is 1. The van der Waals surface area contributed by atoms with E-state index < -0.39 is 0 Å². The summed E-state index contributed by atoms with van der Waals surface area (Å²) in [7, 11) is 0. The van der Waals surface area contributed by atoms with Crippen molar-refractivity contribution in [2.75, 3.05) is 6.61 Å². The molecule has 0 fully saturated rings. The van der Waals surface area contributed by atoms with Crippen molar-refractivity contribution in [1.29, 1.82) is 0 Å². The summed E-state index contributed by atoms with van der Waals surface area (Å²) in [4.78, 5) is 3.06. The molecule has 0 bridgehead atoms. The van der Waals surface area contributed by atoms with Crippen LogP contribution >= 0.6 is 34.8 Å². The molecule has 0 radical (unpaired) electrons. The monoisotopic (exact) mass is 353 g/mol. The zero-order valence-electron chi connectivity index (χ0n) is 11.7. The molecule has 0 aliphatic rings. The lowest BCUT2D eigenvalue weighted by Crippen LogP contribution is -1.99. The van der Waals surface area contributed by atoms with Crippen molar-refractivity contribution in [1.82, 2.24) is 4.98 Å². The molecule has 3 rings (SSSR count). The maximum Gasteiger partial charge on any atom is 0.130 e. The molecular weight excluding hydrogens is 341 g/mol. The van der Waals surface area contributed by atoms with Gasteiger partial charge in [-0.15, -0.1) is 0 Å². The fourth-order valence-electron chi connectivity index (χ4n) is 2.37. The van der Waals surface area contributed by atoms with Gasteiger partial charge < -0.3 is 9.72 Å². The molecule has 0 aliphatic heterocycles. The van der Waals surface area contributed by atoms with Crippen molar-refractivity contribution in [3.63, 3.8) is 0 Å². The number of fused-ring (bicyclic) bond motifs is 1. The topological polar surface area (TPSA) is 25.0 Å². The van der Waals surface area contributed by atoms with Crippen LogP contribution in [0.15, 0.2) is 42.6 Å². The lowest BCUT2D eigenvalue weighted by Gasteiger charge is -2.09. The van der Waals surface area contributed by atoms with Crippen LogP contribution in [0.3, 0.4) is 0 Å². The Morgan fingerprint density at radius 2 is 1.68 bits per heavy atom. The van der Waals surface area contributed by atoms with E-state index in [0.29, 0.717) is 16.7 Å². The standard InChI is InChI=1S/C17H14Cl3NO/c18-12-5-3-11(4-6-12)2-1-9-22-15-8-7-13(19)17-16(15)14(20)10-21-17/h3-8,10,21H,1-2,9H2. The number of benzene rings is 2. The fraction of sp³-hybridized carbons (Fsp3) is 0.176. The molecular formula is C17H14Cl3NO. The second-order valence-electron chi connectivity index (χ2n) is 5.01. The number of halogens is 3. The molecule has 0 aliphatic carbocycles. The molecule has 1 heterocycles. The van der Waals surface area contributed by atoms with E-state index in [1.54, 1.807) is 6.20 Å². The van der Waals surface area contributed by atoms with Gasteiger partial charge in [-0.3, -0.25) is 0 Å². The molecule has 22 heavy (non-hydrogen) atoms. The Hall–Kier alpha value is -1.35. The van der Waals surface area contributed by atoms with Gasteiger partial charge in [0.2, 0.25) is 0 Å². The largest absolute Gasteiger partial charge is 0.493 e. The van der Waals surface area contributed by atoms with Crippen LogP contribution in [0, 0.1) is 0 Å². The van der Waals surface area contributed by atoms with Gasteiger partial charge in [0.1, 0.15) is 5.75 Å². The molecule has 1 N–H and O–H groups in total. The minimum absolute atomic E-state index is 0.612. The zero-order chi connectivity index (χ0) is 15.5. The molecule has 0 saturated heterocycles. The van der Waals surface area contributed by atoms with Crippen LogP contribution in [0.4, 0.5) is 0 Å². The Kier molecular flexibility index (Phi) is 4.82.